The van der Waals surface area contributed by atoms with Crippen molar-refractivity contribution in [3.05, 3.63) is 59.9 Å². The van der Waals surface area contributed by atoms with Gasteiger partial charge in [-0.2, -0.15) is 0 Å². The Kier molecular flexibility index (Phi) is 5.76. The Morgan fingerprint density at radius 1 is 1.10 bits per heavy atom. The fourth-order valence-corrected chi connectivity index (χ4v) is 2.67. The number of pyridine rings is 1. The van der Waals surface area contributed by atoms with Crippen LogP contribution in [0.2, 0.25) is 0 Å². The van der Waals surface area contributed by atoms with Crippen LogP contribution in [-0.4, -0.2) is 29.5 Å². The first kappa shape index (κ1) is 15.5. The number of aromatic nitrogens is 1. The normalized spacial score (nSPS) is 12.4. The van der Waals surface area contributed by atoms with Crippen LogP contribution in [0.25, 0.3) is 0 Å². The van der Waals surface area contributed by atoms with Crippen molar-refractivity contribution in [2.75, 3.05) is 25.0 Å². The number of anilines is 1. The number of nitrogens with one attached hydrogen (secondary N) is 1. The van der Waals surface area contributed by atoms with Crippen molar-refractivity contribution < 1.29 is 0 Å². The van der Waals surface area contributed by atoms with Gasteiger partial charge in [-0.05, 0) is 37.7 Å². The van der Waals surface area contributed by atoms with Crippen molar-refractivity contribution in [1.82, 2.24) is 9.88 Å². The molecule has 0 saturated heterocycles. The Balaban J connectivity index is 2.13. The molecule has 0 amide bonds. The monoisotopic (exact) mass is 283 g/mol. The first-order chi connectivity index (χ1) is 10.2. The molecule has 1 N–H and O–H groups in total. The average molecular weight is 283 g/mol. The van der Waals surface area contributed by atoms with E-state index in [4.69, 9.17) is 0 Å². The lowest BCUT2D eigenvalue weighted by Gasteiger charge is -2.30. The number of hydrogen-bond donors (Lipinski definition) is 1. The molecule has 2 aromatic rings. The van der Waals surface area contributed by atoms with E-state index in [-0.39, 0.29) is 0 Å². The van der Waals surface area contributed by atoms with Crippen molar-refractivity contribution in [2.24, 2.45) is 0 Å². The van der Waals surface area contributed by atoms with Gasteiger partial charge in [0.2, 0.25) is 0 Å². The maximum Gasteiger partial charge on any atom is 0.0520 e. The second-order valence-electron chi connectivity index (χ2n) is 5.21. The number of aryl methyl sites for hydroxylation is 1. The Hall–Kier alpha value is -1.87. The van der Waals surface area contributed by atoms with E-state index in [1.807, 2.05) is 19.2 Å². The van der Waals surface area contributed by atoms with E-state index in [0.29, 0.717) is 6.04 Å². The first-order valence-corrected chi connectivity index (χ1v) is 7.70. The molecular weight excluding hydrogens is 258 g/mol. The lowest BCUT2D eigenvalue weighted by molar-refractivity contribution is 0.228. The summed E-state index contributed by atoms with van der Waals surface area (Å²) in [5.41, 5.74) is 3.54. The number of benzene rings is 1. The molecule has 0 fully saturated rings. The highest BCUT2D eigenvalue weighted by Crippen LogP contribution is 2.21. The zero-order chi connectivity index (χ0) is 15.1. The molecular formula is C18H25N3. The van der Waals surface area contributed by atoms with Gasteiger partial charge in [0.15, 0.2) is 0 Å². The Morgan fingerprint density at radius 2 is 1.81 bits per heavy atom. The van der Waals surface area contributed by atoms with E-state index in [1.165, 1.54) is 5.56 Å². The van der Waals surface area contributed by atoms with E-state index in [9.17, 15) is 0 Å². The molecule has 1 unspecified atom stereocenters. The van der Waals surface area contributed by atoms with Gasteiger partial charge in [-0.1, -0.05) is 44.2 Å². The van der Waals surface area contributed by atoms with Crippen molar-refractivity contribution >= 4 is 5.69 Å². The Morgan fingerprint density at radius 3 is 2.43 bits per heavy atom. The predicted molar refractivity (Wildman–Crippen MR) is 89.6 cm³/mol. The largest absolute Gasteiger partial charge is 0.383 e. The van der Waals surface area contributed by atoms with Gasteiger partial charge in [-0.3, -0.25) is 9.88 Å². The summed E-state index contributed by atoms with van der Waals surface area (Å²) in [6.07, 6.45) is 1.85. The van der Waals surface area contributed by atoms with Gasteiger partial charge in [-0.25, -0.2) is 0 Å². The fourth-order valence-electron chi connectivity index (χ4n) is 2.67. The molecule has 1 heterocycles. The summed E-state index contributed by atoms with van der Waals surface area (Å²) in [6, 6.07) is 15.2. The zero-order valence-corrected chi connectivity index (χ0v) is 13.2. The summed E-state index contributed by atoms with van der Waals surface area (Å²) in [5.74, 6) is 0. The van der Waals surface area contributed by atoms with Crippen molar-refractivity contribution in [2.45, 2.75) is 26.8 Å². The minimum atomic E-state index is 0.384. The van der Waals surface area contributed by atoms with Crippen LogP contribution in [0.5, 0.6) is 0 Å². The summed E-state index contributed by atoms with van der Waals surface area (Å²) in [7, 11) is 0. The third-order valence-electron chi connectivity index (χ3n) is 3.83. The van der Waals surface area contributed by atoms with Crippen LogP contribution in [-0.2, 0) is 0 Å². The average Bonchev–Trinajstić information content (AvgIpc) is 2.52. The molecule has 0 aliphatic rings. The standard InChI is InChI=1S/C18H25N3/c1-4-21(5-2)18(16-9-7-6-8-10-16)14-20-17-11-12-19-15(3)13-17/h6-13,18H,4-5,14H2,1-3H3,(H,19,20). The van der Waals surface area contributed by atoms with Crippen LogP contribution in [0.4, 0.5) is 5.69 Å². The number of hydrogen-bond acceptors (Lipinski definition) is 3. The summed E-state index contributed by atoms with van der Waals surface area (Å²) >= 11 is 0. The van der Waals surface area contributed by atoms with E-state index < -0.39 is 0 Å². The van der Waals surface area contributed by atoms with E-state index in [1.54, 1.807) is 0 Å². The third-order valence-corrected chi connectivity index (χ3v) is 3.83. The SMILES string of the molecule is CCN(CC)C(CNc1ccnc(C)c1)c1ccccc1. The quantitative estimate of drug-likeness (QED) is 0.835. The molecule has 21 heavy (non-hydrogen) atoms. The predicted octanol–water partition coefficient (Wildman–Crippen LogP) is 3.89. The number of nitrogens with zero attached hydrogens (tertiary/aromatic N) is 2. The molecule has 2 rings (SSSR count). The van der Waals surface area contributed by atoms with Crippen molar-refractivity contribution in [3.63, 3.8) is 0 Å². The van der Waals surface area contributed by atoms with Gasteiger partial charge in [-0.15, -0.1) is 0 Å². The van der Waals surface area contributed by atoms with Gasteiger partial charge in [0, 0.05) is 24.1 Å². The molecule has 3 heteroatoms. The fraction of sp³-hybridized carbons (Fsp3) is 0.389. The minimum absolute atomic E-state index is 0.384. The van der Waals surface area contributed by atoms with Gasteiger partial charge in [0.25, 0.3) is 0 Å². The number of likely N-dealkylation sites (N-methyl/N-ethyl adjacent to an activating group) is 1. The highest BCUT2D eigenvalue weighted by molar-refractivity contribution is 5.43. The lowest BCUT2D eigenvalue weighted by Crippen LogP contribution is -2.33. The second kappa shape index (κ2) is 7.79. The smallest absolute Gasteiger partial charge is 0.0520 e. The van der Waals surface area contributed by atoms with E-state index in [0.717, 1.165) is 31.0 Å². The van der Waals surface area contributed by atoms with Crippen LogP contribution in [0.1, 0.15) is 31.1 Å². The lowest BCUT2D eigenvalue weighted by atomic mass is 10.0. The van der Waals surface area contributed by atoms with Crippen LogP contribution < -0.4 is 5.32 Å². The molecule has 3 nitrogen and oxygen atoms in total. The van der Waals surface area contributed by atoms with Crippen LogP contribution in [0, 0.1) is 6.92 Å². The van der Waals surface area contributed by atoms with Crippen molar-refractivity contribution in [1.29, 1.82) is 0 Å². The minimum Gasteiger partial charge on any atom is -0.383 e. The van der Waals surface area contributed by atoms with Gasteiger partial charge < -0.3 is 5.32 Å². The molecule has 0 aliphatic heterocycles. The molecule has 0 radical (unpaired) electrons. The highest BCUT2D eigenvalue weighted by atomic mass is 15.2. The first-order valence-electron chi connectivity index (χ1n) is 7.70. The maximum atomic E-state index is 4.24. The van der Waals surface area contributed by atoms with E-state index >= 15 is 0 Å². The molecule has 0 saturated carbocycles. The van der Waals surface area contributed by atoms with Crippen molar-refractivity contribution in [3.8, 4) is 0 Å². The van der Waals surface area contributed by atoms with Gasteiger partial charge >= 0.3 is 0 Å². The Labute approximate surface area is 128 Å². The summed E-state index contributed by atoms with van der Waals surface area (Å²) < 4.78 is 0. The summed E-state index contributed by atoms with van der Waals surface area (Å²) in [5, 5.41) is 3.55. The van der Waals surface area contributed by atoms with Crippen LogP contribution >= 0.6 is 0 Å². The highest BCUT2D eigenvalue weighted by Gasteiger charge is 2.17. The number of rotatable bonds is 7. The molecule has 0 bridgehead atoms. The zero-order valence-electron chi connectivity index (χ0n) is 13.2. The van der Waals surface area contributed by atoms with E-state index in [2.05, 4.69) is 65.4 Å². The second-order valence-corrected chi connectivity index (χ2v) is 5.21. The van der Waals surface area contributed by atoms with Crippen LogP contribution in [0.15, 0.2) is 48.7 Å². The third kappa shape index (κ3) is 4.30. The molecule has 112 valence electrons. The summed E-state index contributed by atoms with van der Waals surface area (Å²) in [4.78, 5) is 6.72. The summed E-state index contributed by atoms with van der Waals surface area (Å²) in [6.45, 7) is 9.45. The topological polar surface area (TPSA) is 28.2 Å². The van der Waals surface area contributed by atoms with Gasteiger partial charge in [0.1, 0.15) is 0 Å². The molecule has 0 spiro atoms. The maximum absolute atomic E-state index is 4.24. The molecule has 1 aromatic carbocycles. The molecule has 0 aliphatic carbocycles. The van der Waals surface area contributed by atoms with Crippen LogP contribution in [0.3, 0.4) is 0 Å². The Bertz CT molecular complexity index is 535. The van der Waals surface area contributed by atoms with Gasteiger partial charge in [0.05, 0.1) is 6.04 Å². The molecule has 1 aromatic heterocycles. The molecule has 1 atom stereocenters.